The van der Waals surface area contributed by atoms with Crippen LogP contribution in [0.1, 0.15) is 58.9 Å². The fourth-order valence-electron chi connectivity index (χ4n) is 6.09. The van der Waals surface area contributed by atoms with E-state index in [2.05, 4.69) is 77.8 Å². The third-order valence-electron chi connectivity index (χ3n) is 8.30. The lowest BCUT2D eigenvalue weighted by Gasteiger charge is -2.36. The van der Waals surface area contributed by atoms with Crippen molar-refractivity contribution in [1.82, 2.24) is 0 Å². The quantitative estimate of drug-likeness (QED) is 0.0877. The van der Waals surface area contributed by atoms with Crippen LogP contribution in [0.3, 0.4) is 0 Å². The molecule has 6 rings (SSSR count). The van der Waals surface area contributed by atoms with E-state index in [-0.39, 0.29) is 5.91 Å². The zero-order valence-electron chi connectivity index (χ0n) is 31.2. The SMILES string of the molecule is CC(C)(C)O.CO.CSN1Cc2ccc(NC(=O)c3cccc(NSc4ccccc4)c3)cc2-c2c(C)c(-c3ccc(C)cc3)c(CC=O)c(C)c21. The van der Waals surface area contributed by atoms with Crippen molar-refractivity contribution in [2.75, 3.05) is 27.7 Å². The van der Waals surface area contributed by atoms with Crippen molar-refractivity contribution in [1.29, 1.82) is 0 Å². The van der Waals surface area contributed by atoms with Crippen LogP contribution >= 0.6 is 23.9 Å². The Morgan fingerprint density at radius 3 is 2.15 bits per heavy atom. The molecule has 1 aliphatic heterocycles. The zero-order chi connectivity index (χ0) is 38.0. The van der Waals surface area contributed by atoms with Crippen LogP contribution in [0.5, 0.6) is 0 Å². The van der Waals surface area contributed by atoms with Crippen molar-refractivity contribution >= 4 is 53.2 Å². The number of hydrogen-bond donors (Lipinski definition) is 4. The fourth-order valence-corrected chi connectivity index (χ4v) is 7.42. The average Bonchev–Trinajstić information content (AvgIpc) is 3.13. The molecule has 0 saturated heterocycles. The molecule has 0 fully saturated rings. The minimum atomic E-state index is -0.500. The second-order valence-electron chi connectivity index (χ2n) is 13.4. The largest absolute Gasteiger partial charge is 0.400 e. The first kappa shape index (κ1) is 40.2. The Kier molecular flexibility index (Phi) is 14.1. The molecule has 0 aliphatic carbocycles. The molecular formula is C43H49N3O4S2. The molecule has 0 spiro atoms. The van der Waals surface area contributed by atoms with Gasteiger partial charge in [-0.05, 0) is 135 Å². The van der Waals surface area contributed by atoms with Gasteiger partial charge in [0.15, 0.2) is 0 Å². The number of rotatable bonds is 9. The van der Waals surface area contributed by atoms with Crippen LogP contribution in [0.15, 0.2) is 102 Å². The molecule has 1 aliphatic rings. The minimum absolute atomic E-state index is 0.167. The molecule has 9 heteroatoms. The van der Waals surface area contributed by atoms with Crippen molar-refractivity contribution in [2.24, 2.45) is 0 Å². The van der Waals surface area contributed by atoms with Gasteiger partial charge in [-0.3, -0.25) is 4.79 Å². The van der Waals surface area contributed by atoms with E-state index in [4.69, 9.17) is 10.2 Å². The first-order valence-electron chi connectivity index (χ1n) is 17.1. The van der Waals surface area contributed by atoms with E-state index in [0.29, 0.717) is 12.0 Å². The highest BCUT2D eigenvalue weighted by Crippen LogP contribution is 2.50. The summed E-state index contributed by atoms with van der Waals surface area (Å²) in [7, 11) is 1.00. The Bertz CT molecular complexity index is 1990. The van der Waals surface area contributed by atoms with Crippen LogP contribution in [0.2, 0.25) is 0 Å². The van der Waals surface area contributed by atoms with Crippen molar-refractivity contribution in [3.05, 3.63) is 130 Å². The summed E-state index contributed by atoms with van der Waals surface area (Å²) in [4.78, 5) is 26.5. The van der Waals surface area contributed by atoms with Crippen LogP contribution in [-0.2, 0) is 17.8 Å². The number of fused-ring (bicyclic) bond motifs is 3. The highest BCUT2D eigenvalue weighted by molar-refractivity contribution is 8.00. The molecule has 7 nitrogen and oxygen atoms in total. The van der Waals surface area contributed by atoms with Crippen molar-refractivity contribution in [3.63, 3.8) is 0 Å². The highest BCUT2D eigenvalue weighted by Gasteiger charge is 2.30. The number of carbonyl (C=O) groups excluding carboxylic acids is 2. The summed E-state index contributed by atoms with van der Waals surface area (Å²) in [5.74, 6) is -0.167. The number of aliphatic hydroxyl groups is 2. The molecular weight excluding hydrogens is 687 g/mol. The average molecular weight is 736 g/mol. The molecule has 1 amide bonds. The maximum absolute atomic E-state index is 13.5. The maximum atomic E-state index is 13.5. The van der Waals surface area contributed by atoms with Gasteiger partial charge >= 0.3 is 0 Å². The second-order valence-corrected chi connectivity index (χ2v) is 15.1. The topological polar surface area (TPSA) is 102 Å². The molecule has 0 atom stereocenters. The Balaban J connectivity index is 0.000000797. The molecule has 0 unspecified atom stereocenters. The molecule has 4 N–H and O–H groups in total. The first-order valence-corrected chi connectivity index (χ1v) is 19.1. The Hall–Kier alpha value is -4.54. The van der Waals surface area contributed by atoms with Crippen molar-refractivity contribution < 1.29 is 19.8 Å². The molecule has 0 bridgehead atoms. The summed E-state index contributed by atoms with van der Waals surface area (Å²) in [6.07, 6.45) is 3.45. The third kappa shape index (κ3) is 10.1. The molecule has 5 aromatic carbocycles. The monoisotopic (exact) mass is 735 g/mol. The number of amides is 1. The standard InChI is InChI=1S/C38H35N3O2S2.C4H10O.CH4O/c1-24-13-15-27(16-14-24)35-26(3)36-34-22-30(18-17-29(34)23-41(44-4)37(36)25(2)33(35)19-20-42)39-38(43)28-9-8-10-31(21-28)40-45-32-11-6-5-7-12-32;1-4(2,3)5;1-2/h5-18,20-22,40H,19,23H2,1-4H3,(H,39,43);5H,1-3H3;2H,1H3. The number of aliphatic hydroxyl groups excluding tert-OH is 1. The van der Waals surface area contributed by atoms with Gasteiger partial charge in [0.2, 0.25) is 0 Å². The molecule has 52 heavy (non-hydrogen) atoms. The Labute approximate surface area is 317 Å². The van der Waals surface area contributed by atoms with E-state index >= 15 is 0 Å². The minimum Gasteiger partial charge on any atom is -0.400 e. The maximum Gasteiger partial charge on any atom is 0.255 e. The van der Waals surface area contributed by atoms with Crippen LogP contribution < -0.4 is 14.3 Å². The van der Waals surface area contributed by atoms with Crippen molar-refractivity contribution in [3.8, 4) is 22.3 Å². The molecule has 0 saturated carbocycles. The zero-order valence-corrected chi connectivity index (χ0v) is 32.8. The van der Waals surface area contributed by atoms with Crippen LogP contribution in [0, 0.1) is 20.8 Å². The van der Waals surface area contributed by atoms with Gasteiger partial charge < -0.3 is 29.4 Å². The van der Waals surface area contributed by atoms with Gasteiger partial charge in [-0.25, -0.2) is 0 Å². The predicted molar refractivity (Wildman–Crippen MR) is 221 cm³/mol. The molecule has 0 radical (unpaired) electrons. The lowest BCUT2D eigenvalue weighted by molar-refractivity contribution is -0.107. The summed E-state index contributed by atoms with van der Waals surface area (Å²) < 4.78 is 5.65. The Morgan fingerprint density at radius 1 is 0.846 bits per heavy atom. The summed E-state index contributed by atoms with van der Waals surface area (Å²) >= 11 is 3.20. The number of benzene rings is 5. The molecule has 0 aromatic heterocycles. The number of carbonyl (C=O) groups is 2. The number of anilines is 3. The molecule has 272 valence electrons. The van der Waals surface area contributed by atoms with Gasteiger partial charge in [0, 0.05) is 47.2 Å². The van der Waals surface area contributed by atoms with E-state index < -0.39 is 5.60 Å². The summed E-state index contributed by atoms with van der Waals surface area (Å²) in [6.45, 7) is 12.3. The lowest BCUT2D eigenvalue weighted by Crippen LogP contribution is -2.22. The number of nitrogens with zero attached hydrogens (tertiary/aromatic N) is 1. The second kappa shape index (κ2) is 18.3. The van der Waals surface area contributed by atoms with E-state index in [1.54, 1.807) is 32.7 Å². The van der Waals surface area contributed by atoms with Gasteiger partial charge in [0.1, 0.15) is 6.29 Å². The fraction of sp³-hybridized carbons (Fsp3) is 0.256. The molecule has 1 heterocycles. The van der Waals surface area contributed by atoms with E-state index in [1.165, 1.54) is 23.1 Å². The van der Waals surface area contributed by atoms with E-state index in [0.717, 1.165) is 80.8 Å². The van der Waals surface area contributed by atoms with E-state index in [1.807, 2.05) is 60.7 Å². The summed E-state index contributed by atoms with van der Waals surface area (Å²) in [5.41, 5.74) is 13.0. The smallest absolute Gasteiger partial charge is 0.255 e. The van der Waals surface area contributed by atoms with Gasteiger partial charge in [-0.2, -0.15) is 0 Å². The predicted octanol–water partition coefficient (Wildman–Crippen LogP) is 10.0. The van der Waals surface area contributed by atoms with Crippen LogP contribution in [0.4, 0.5) is 17.1 Å². The van der Waals surface area contributed by atoms with Crippen molar-refractivity contribution in [2.45, 2.75) is 65.0 Å². The van der Waals surface area contributed by atoms with Crippen LogP contribution in [0.25, 0.3) is 22.3 Å². The van der Waals surface area contributed by atoms with Crippen LogP contribution in [-0.4, -0.2) is 41.4 Å². The summed E-state index contributed by atoms with van der Waals surface area (Å²) in [5, 5.41) is 18.7. The molecule has 5 aromatic rings. The van der Waals surface area contributed by atoms with Gasteiger partial charge in [-0.1, -0.05) is 72.1 Å². The number of nitrogens with one attached hydrogen (secondary N) is 2. The van der Waals surface area contributed by atoms with E-state index in [9.17, 15) is 9.59 Å². The normalized spacial score (nSPS) is 11.5. The third-order valence-corrected chi connectivity index (χ3v) is 9.90. The summed E-state index contributed by atoms with van der Waals surface area (Å²) in [6, 6.07) is 32.3. The number of aldehydes is 1. The van der Waals surface area contributed by atoms with Gasteiger partial charge in [0.05, 0.1) is 17.8 Å². The highest BCUT2D eigenvalue weighted by atomic mass is 32.2. The van der Waals surface area contributed by atoms with Gasteiger partial charge in [-0.15, -0.1) is 0 Å². The number of aryl methyl sites for hydroxylation is 1. The van der Waals surface area contributed by atoms with Gasteiger partial charge in [0.25, 0.3) is 5.91 Å². The Morgan fingerprint density at radius 2 is 1.52 bits per heavy atom. The number of hydrogen-bond acceptors (Lipinski definition) is 8. The lowest BCUT2D eigenvalue weighted by atomic mass is 9.81. The first-order chi connectivity index (χ1) is 24.9.